The van der Waals surface area contributed by atoms with E-state index in [9.17, 15) is 14.7 Å². The zero-order valence-electron chi connectivity index (χ0n) is 13.8. The van der Waals surface area contributed by atoms with E-state index >= 15 is 0 Å². The number of carboxylic acids is 1. The van der Waals surface area contributed by atoms with Gasteiger partial charge in [0.1, 0.15) is 0 Å². The average molecular weight is 311 g/mol. The van der Waals surface area contributed by atoms with Gasteiger partial charge in [-0.1, -0.05) is 20.3 Å². The van der Waals surface area contributed by atoms with Crippen LogP contribution in [0.4, 0.5) is 4.79 Å². The molecule has 3 unspecified atom stereocenters. The van der Waals surface area contributed by atoms with Crippen LogP contribution in [-0.2, 0) is 4.79 Å². The number of urea groups is 1. The summed E-state index contributed by atoms with van der Waals surface area (Å²) < 4.78 is 0. The van der Waals surface area contributed by atoms with Crippen molar-refractivity contribution in [3.63, 3.8) is 0 Å². The molecule has 0 aliphatic carbocycles. The van der Waals surface area contributed by atoms with Crippen LogP contribution >= 0.6 is 0 Å². The van der Waals surface area contributed by atoms with Crippen molar-refractivity contribution in [1.82, 2.24) is 15.1 Å². The van der Waals surface area contributed by atoms with Crippen LogP contribution in [0.15, 0.2) is 0 Å². The SMILES string of the molecule is CCN1CCCCC1CNC(=O)N1CC(C)CC(C(=O)O)C1. The predicted octanol–water partition coefficient (Wildman–Crippen LogP) is 1.61. The number of likely N-dealkylation sites (tertiary alicyclic amines) is 2. The van der Waals surface area contributed by atoms with E-state index in [1.54, 1.807) is 4.90 Å². The molecule has 0 bridgehead atoms. The Morgan fingerprint density at radius 1 is 1.27 bits per heavy atom. The van der Waals surface area contributed by atoms with Crippen LogP contribution in [0.2, 0.25) is 0 Å². The van der Waals surface area contributed by atoms with Crippen molar-refractivity contribution in [2.75, 3.05) is 32.7 Å². The lowest BCUT2D eigenvalue weighted by Crippen LogP contribution is -2.53. The van der Waals surface area contributed by atoms with Gasteiger partial charge in [0, 0.05) is 25.7 Å². The number of aliphatic carboxylic acids is 1. The number of amides is 2. The second kappa shape index (κ2) is 7.81. The molecule has 0 spiro atoms. The maximum atomic E-state index is 12.4. The highest BCUT2D eigenvalue weighted by molar-refractivity contribution is 5.76. The summed E-state index contributed by atoms with van der Waals surface area (Å²) in [6.07, 6.45) is 4.24. The molecule has 0 aromatic heterocycles. The van der Waals surface area contributed by atoms with Crippen molar-refractivity contribution in [2.24, 2.45) is 11.8 Å². The molecule has 22 heavy (non-hydrogen) atoms. The van der Waals surface area contributed by atoms with Crippen LogP contribution in [0.1, 0.15) is 39.5 Å². The minimum atomic E-state index is -0.797. The zero-order valence-corrected chi connectivity index (χ0v) is 13.8. The molecule has 0 aromatic rings. The van der Waals surface area contributed by atoms with Crippen molar-refractivity contribution in [3.8, 4) is 0 Å². The summed E-state index contributed by atoms with van der Waals surface area (Å²) in [6, 6.07) is 0.305. The first-order valence-electron chi connectivity index (χ1n) is 8.50. The van der Waals surface area contributed by atoms with Gasteiger partial charge in [-0.15, -0.1) is 0 Å². The first kappa shape index (κ1) is 17.1. The standard InChI is InChI=1S/C16H29N3O3/c1-3-18-7-5-4-6-14(18)9-17-16(22)19-10-12(2)8-13(11-19)15(20)21/h12-14H,3-11H2,1-2H3,(H,17,22)(H,20,21). The summed E-state index contributed by atoms with van der Waals surface area (Å²) in [7, 11) is 0. The average Bonchev–Trinajstić information content (AvgIpc) is 2.52. The number of piperidine rings is 2. The molecule has 0 aromatic carbocycles. The normalized spacial score (nSPS) is 30.1. The van der Waals surface area contributed by atoms with Gasteiger partial charge < -0.3 is 15.3 Å². The molecule has 2 heterocycles. The predicted molar refractivity (Wildman–Crippen MR) is 84.8 cm³/mol. The van der Waals surface area contributed by atoms with E-state index in [0.717, 1.165) is 19.5 Å². The Balaban J connectivity index is 1.84. The number of carboxylic acid groups (broad SMARTS) is 1. The second-order valence-electron chi connectivity index (χ2n) is 6.75. The fourth-order valence-electron chi connectivity index (χ4n) is 3.72. The Morgan fingerprint density at radius 2 is 2.05 bits per heavy atom. The summed E-state index contributed by atoms with van der Waals surface area (Å²) in [6.45, 7) is 7.93. The lowest BCUT2D eigenvalue weighted by molar-refractivity contribution is -0.143. The molecule has 3 atom stereocenters. The van der Waals surface area contributed by atoms with Gasteiger partial charge in [-0.25, -0.2) is 4.79 Å². The van der Waals surface area contributed by atoms with E-state index in [0.29, 0.717) is 32.1 Å². The molecule has 0 radical (unpaired) electrons. The quantitative estimate of drug-likeness (QED) is 0.827. The van der Waals surface area contributed by atoms with Gasteiger partial charge in [-0.2, -0.15) is 0 Å². The number of hydrogen-bond acceptors (Lipinski definition) is 3. The number of hydrogen-bond donors (Lipinski definition) is 2. The van der Waals surface area contributed by atoms with Crippen LogP contribution in [0.3, 0.4) is 0 Å². The van der Waals surface area contributed by atoms with Gasteiger partial charge in [0.2, 0.25) is 0 Å². The van der Waals surface area contributed by atoms with Crippen LogP contribution < -0.4 is 5.32 Å². The summed E-state index contributed by atoms with van der Waals surface area (Å²) in [5, 5.41) is 12.2. The molecular weight excluding hydrogens is 282 g/mol. The number of likely N-dealkylation sites (N-methyl/N-ethyl adjacent to an activating group) is 1. The molecule has 2 fully saturated rings. The van der Waals surface area contributed by atoms with E-state index in [2.05, 4.69) is 17.1 Å². The smallest absolute Gasteiger partial charge is 0.317 e. The number of rotatable bonds is 4. The van der Waals surface area contributed by atoms with E-state index in [-0.39, 0.29) is 11.9 Å². The van der Waals surface area contributed by atoms with Gasteiger partial charge in [0.05, 0.1) is 5.92 Å². The third-order valence-electron chi connectivity index (χ3n) is 4.94. The van der Waals surface area contributed by atoms with Crippen molar-refractivity contribution < 1.29 is 14.7 Å². The monoisotopic (exact) mass is 311 g/mol. The minimum Gasteiger partial charge on any atom is -0.481 e. The highest BCUT2D eigenvalue weighted by atomic mass is 16.4. The summed E-state index contributed by atoms with van der Waals surface area (Å²) in [4.78, 5) is 27.6. The lowest BCUT2D eigenvalue weighted by Gasteiger charge is -2.37. The fourth-order valence-corrected chi connectivity index (χ4v) is 3.72. The summed E-state index contributed by atoms with van der Waals surface area (Å²) >= 11 is 0. The highest BCUT2D eigenvalue weighted by Crippen LogP contribution is 2.22. The van der Waals surface area contributed by atoms with E-state index in [1.807, 2.05) is 6.92 Å². The minimum absolute atomic E-state index is 0.112. The van der Waals surface area contributed by atoms with E-state index < -0.39 is 11.9 Å². The Morgan fingerprint density at radius 3 is 2.73 bits per heavy atom. The van der Waals surface area contributed by atoms with Gasteiger partial charge in [0.25, 0.3) is 0 Å². The van der Waals surface area contributed by atoms with Crippen LogP contribution in [0.5, 0.6) is 0 Å². The molecule has 2 N–H and O–H groups in total. The molecule has 2 rings (SSSR count). The number of nitrogens with one attached hydrogen (secondary N) is 1. The molecule has 2 aliphatic heterocycles. The summed E-state index contributed by atoms with van der Waals surface area (Å²) in [5.74, 6) is -0.993. The highest BCUT2D eigenvalue weighted by Gasteiger charge is 2.32. The van der Waals surface area contributed by atoms with E-state index in [4.69, 9.17) is 0 Å². The van der Waals surface area contributed by atoms with Gasteiger partial charge >= 0.3 is 12.0 Å². The largest absolute Gasteiger partial charge is 0.481 e. The molecule has 2 saturated heterocycles. The molecule has 2 aliphatic rings. The zero-order chi connectivity index (χ0) is 16.1. The van der Waals surface area contributed by atoms with Crippen LogP contribution in [0, 0.1) is 11.8 Å². The number of nitrogens with zero attached hydrogens (tertiary/aromatic N) is 2. The third kappa shape index (κ3) is 4.35. The Labute approximate surface area is 132 Å². The first-order valence-corrected chi connectivity index (χ1v) is 8.50. The van der Waals surface area contributed by atoms with Crippen molar-refractivity contribution in [2.45, 2.75) is 45.6 Å². The molecule has 6 heteroatoms. The molecule has 2 amide bonds. The first-order chi connectivity index (χ1) is 10.5. The topological polar surface area (TPSA) is 72.9 Å². The van der Waals surface area contributed by atoms with Gasteiger partial charge in [-0.05, 0) is 38.3 Å². The van der Waals surface area contributed by atoms with Crippen molar-refractivity contribution in [1.29, 1.82) is 0 Å². The van der Waals surface area contributed by atoms with E-state index in [1.165, 1.54) is 12.8 Å². The number of carbonyl (C=O) groups is 2. The van der Waals surface area contributed by atoms with Gasteiger partial charge in [0.15, 0.2) is 0 Å². The Hall–Kier alpha value is -1.30. The van der Waals surface area contributed by atoms with Gasteiger partial charge in [-0.3, -0.25) is 9.69 Å². The Bertz CT molecular complexity index is 402. The van der Waals surface area contributed by atoms with Crippen LogP contribution in [-0.4, -0.2) is 65.7 Å². The molecule has 0 saturated carbocycles. The van der Waals surface area contributed by atoms with Crippen molar-refractivity contribution >= 4 is 12.0 Å². The Kier molecular flexibility index (Phi) is 6.06. The maximum Gasteiger partial charge on any atom is 0.317 e. The summed E-state index contributed by atoms with van der Waals surface area (Å²) in [5.41, 5.74) is 0. The maximum absolute atomic E-state index is 12.4. The molecule has 126 valence electrons. The lowest BCUT2D eigenvalue weighted by atomic mass is 9.91. The van der Waals surface area contributed by atoms with Crippen molar-refractivity contribution in [3.05, 3.63) is 0 Å². The second-order valence-corrected chi connectivity index (χ2v) is 6.75. The third-order valence-corrected chi connectivity index (χ3v) is 4.94. The number of carbonyl (C=O) groups excluding carboxylic acids is 1. The molecular formula is C16H29N3O3. The fraction of sp³-hybridized carbons (Fsp3) is 0.875. The van der Waals surface area contributed by atoms with Crippen LogP contribution in [0.25, 0.3) is 0 Å². The molecule has 6 nitrogen and oxygen atoms in total.